The van der Waals surface area contributed by atoms with Gasteiger partial charge in [-0.25, -0.2) is 0 Å². The van der Waals surface area contributed by atoms with E-state index in [0.29, 0.717) is 17.4 Å². The molecular formula is C32H43NO3. The Morgan fingerprint density at radius 1 is 0.944 bits per heavy atom. The number of nitrogens with zero attached hydrogens (tertiary/aromatic N) is 1. The number of piperidine rings is 1. The van der Waals surface area contributed by atoms with Crippen LogP contribution in [0.1, 0.15) is 54.6 Å². The van der Waals surface area contributed by atoms with Gasteiger partial charge in [-0.2, -0.15) is 0 Å². The van der Waals surface area contributed by atoms with Crippen LogP contribution < -0.4 is 9.47 Å². The number of hydrogen-bond donors (Lipinski definition) is 0. The van der Waals surface area contributed by atoms with E-state index in [1.807, 2.05) is 38.1 Å². The number of likely N-dealkylation sites (tertiary alicyclic amines) is 1. The number of carbonyl (C=O) groups excluding carboxylic acids is 1. The average molecular weight is 490 g/mol. The van der Waals surface area contributed by atoms with Crippen molar-refractivity contribution in [3.05, 3.63) is 96.6 Å². The van der Waals surface area contributed by atoms with Gasteiger partial charge in [0.15, 0.2) is 17.3 Å². The fourth-order valence-corrected chi connectivity index (χ4v) is 4.87. The zero-order valence-electron chi connectivity index (χ0n) is 22.5. The van der Waals surface area contributed by atoms with Gasteiger partial charge < -0.3 is 9.47 Å². The molecule has 0 spiro atoms. The van der Waals surface area contributed by atoms with Crippen molar-refractivity contribution in [3.63, 3.8) is 0 Å². The summed E-state index contributed by atoms with van der Waals surface area (Å²) in [4.78, 5) is 15.5. The molecular weight excluding hydrogens is 446 g/mol. The predicted octanol–water partition coefficient (Wildman–Crippen LogP) is 7.30. The number of Topliss-reactive ketones (excluding diaryl/α,β-unsaturated/α-hetero) is 1. The second-order valence-corrected chi connectivity index (χ2v) is 8.93. The van der Waals surface area contributed by atoms with Gasteiger partial charge in [0.2, 0.25) is 0 Å². The monoisotopic (exact) mass is 489 g/mol. The van der Waals surface area contributed by atoms with E-state index in [0.717, 1.165) is 43.6 Å². The molecule has 194 valence electrons. The maximum atomic E-state index is 12.9. The number of fused-ring (bicyclic) bond motifs is 1. The minimum Gasteiger partial charge on any atom is -0.493 e. The van der Waals surface area contributed by atoms with Gasteiger partial charge in [-0.1, -0.05) is 81.6 Å². The number of carbonyl (C=O) groups is 1. The third-order valence-electron chi connectivity index (χ3n) is 6.67. The second-order valence-electron chi connectivity index (χ2n) is 8.93. The van der Waals surface area contributed by atoms with Gasteiger partial charge in [0, 0.05) is 18.0 Å². The molecule has 0 saturated carbocycles. The SMILES string of the molecule is C=C/C=C\C=C.CC.COc1cc2c(cc1OC)C(=O)C(CC1CCN(Cc3ccccc3)CC1)C2. The van der Waals surface area contributed by atoms with Crippen molar-refractivity contribution in [1.29, 1.82) is 0 Å². The molecule has 4 rings (SSSR count). The number of hydrogen-bond acceptors (Lipinski definition) is 4. The molecule has 36 heavy (non-hydrogen) atoms. The summed E-state index contributed by atoms with van der Waals surface area (Å²) >= 11 is 0. The molecule has 0 N–H and O–H groups in total. The van der Waals surface area contributed by atoms with E-state index in [9.17, 15) is 4.79 Å². The van der Waals surface area contributed by atoms with Crippen LogP contribution >= 0.6 is 0 Å². The van der Waals surface area contributed by atoms with Crippen molar-refractivity contribution >= 4 is 5.78 Å². The summed E-state index contributed by atoms with van der Waals surface area (Å²) in [6.45, 7) is 14.2. The molecule has 1 heterocycles. The Morgan fingerprint density at radius 2 is 1.53 bits per heavy atom. The van der Waals surface area contributed by atoms with Gasteiger partial charge >= 0.3 is 0 Å². The number of allylic oxidation sites excluding steroid dienone is 4. The van der Waals surface area contributed by atoms with Crippen molar-refractivity contribution in [2.24, 2.45) is 11.8 Å². The molecule has 2 aromatic rings. The molecule has 1 atom stereocenters. The molecule has 4 nitrogen and oxygen atoms in total. The first-order chi connectivity index (χ1) is 17.6. The van der Waals surface area contributed by atoms with E-state index in [-0.39, 0.29) is 11.7 Å². The molecule has 0 radical (unpaired) electrons. The summed E-state index contributed by atoms with van der Waals surface area (Å²) in [7, 11) is 3.26. The highest BCUT2D eigenvalue weighted by atomic mass is 16.5. The molecule has 4 heteroatoms. The van der Waals surface area contributed by atoms with E-state index in [2.05, 4.69) is 48.4 Å². The maximum absolute atomic E-state index is 12.9. The van der Waals surface area contributed by atoms with Crippen molar-refractivity contribution in [1.82, 2.24) is 4.90 Å². The third kappa shape index (κ3) is 8.23. The van der Waals surface area contributed by atoms with Crippen LogP contribution in [0.3, 0.4) is 0 Å². The summed E-state index contributed by atoms with van der Waals surface area (Å²) < 4.78 is 10.8. The summed E-state index contributed by atoms with van der Waals surface area (Å²) in [5.74, 6) is 2.38. The summed E-state index contributed by atoms with van der Waals surface area (Å²) in [6.07, 6.45) is 11.3. The standard InChI is InChI=1S/C24H29NO3.C6H8.C2H6/c1-27-22-14-19-13-20(24(26)21(19)15-23(22)28-2)12-17-8-10-25(11-9-17)16-18-6-4-3-5-7-18;1-3-5-6-4-2;1-2/h3-7,14-15,17,20H,8-13,16H2,1-2H3;3-6H,1-2H2;1-2H3/b;6-5-;. The normalized spacial score (nSPS) is 17.3. The van der Waals surface area contributed by atoms with Crippen molar-refractivity contribution in [2.75, 3.05) is 27.3 Å². The Kier molecular flexibility index (Phi) is 12.8. The Hall–Kier alpha value is -3.11. The zero-order chi connectivity index (χ0) is 26.3. The predicted molar refractivity (Wildman–Crippen MR) is 151 cm³/mol. The Balaban J connectivity index is 0.000000502. The van der Waals surface area contributed by atoms with Crippen LogP contribution in [0.4, 0.5) is 0 Å². The molecule has 0 bridgehead atoms. The van der Waals surface area contributed by atoms with Crippen molar-refractivity contribution < 1.29 is 14.3 Å². The van der Waals surface area contributed by atoms with Crippen molar-refractivity contribution in [3.8, 4) is 11.5 Å². The van der Waals surface area contributed by atoms with Gasteiger partial charge in [0.1, 0.15) is 0 Å². The quantitative estimate of drug-likeness (QED) is 0.365. The van der Waals surface area contributed by atoms with Gasteiger partial charge in [0.25, 0.3) is 0 Å². The van der Waals surface area contributed by atoms with Crippen LogP contribution in [0, 0.1) is 11.8 Å². The van der Waals surface area contributed by atoms with Gasteiger partial charge in [-0.15, -0.1) is 0 Å². The lowest BCUT2D eigenvalue weighted by molar-refractivity contribution is 0.0895. The van der Waals surface area contributed by atoms with Crippen LogP contribution in [0.5, 0.6) is 11.5 Å². The molecule has 0 aromatic heterocycles. The summed E-state index contributed by atoms with van der Waals surface area (Å²) in [5.41, 5.74) is 3.31. The molecule has 1 unspecified atom stereocenters. The smallest absolute Gasteiger partial charge is 0.166 e. The zero-order valence-corrected chi connectivity index (χ0v) is 22.5. The highest BCUT2D eigenvalue weighted by Gasteiger charge is 2.34. The number of ketones is 1. The van der Waals surface area contributed by atoms with Gasteiger partial charge in [-0.3, -0.25) is 9.69 Å². The minimum absolute atomic E-state index is 0.109. The number of benzene rings is 2. The molecule has 1 saturated heterocycles. The van der Waals surface area contributed by atoms with Gasteiger partial charge in [0.05, 0.1) is 14.2 Å². The Labute approximate surface area is 218 Å². The van der Waals surface area contributed by atoms with Crippen LogP contribution in [0.25, 0.3) is 0 Å². The molecule has 2 aliphatic rings. The third-order valence-corrected chi connectivity index (χ3v) is 6.67. The topological polar surface area (TPSA) is 38.8 Å². The molecule has 1 fully saturated rings. The highest BCUT2D eigenvalue weighted by Crippen LogP contribution is 2.39. The van der Waals surface area contributed by atoms with E-state index in [1.54, 1.807) is 26.4 Å². The first-order valence-electron chi connectivity index (χ1n) is 13.0. The maximum Gasteiger partial charge on any atom is 0.166 e. The lowest BCUT2D eigenvalue weighted by Crippen LogP contribution is -2.34. The van der Waals surface area contributed by atoms with E-state index >= 15 is 0 Å². The Bertz CT molecular complexity index is 978. The molecule has 1 aliphatic carbocycles. The summed E-state index contributed by atoms with van der Waals surface area (Å²) in [5, 5.41) is 0. The second kappa shape index (κ2) is 15.8. The molecule has 0 amide bonds. The van der Waals surface area contributed by atoms with Gasteiger partial charge in [-0.05, 0) is 68.0 Å². The van der Waals surface area contributed by atoms with Crippen LogP contribution in [0.2, 0.25) is 0 Å². The van der Waals surface area contributed by atoms with Crippen LogP contribution in [-0.2, 0) is 13.0 Å². The number of methoxy groups -OCH3 is 2. The van der Waals surface area contributed by atoms with E-state index in [1.165, 1.54) is 18.4 Å². The largest absolute Gasteiger partial charge is 0.493 e. The van der Waals surface area contributed by atoms with E-state index < -0.39 is 0 Å². The lowest BCUT2D eigenvalue weighted by atomic mass is 9.85. The summed E-state index contributed by atoms with van der Waals surface area (Å²) in [6, 6.07) is 14.5. The first-order valence-corrected chi connectivity index (χ1v) is 13.0. The first kappa shape index (κ1) is 29.1. The van der Waals surface area contributed by atoms with Crippen LogP contribution in [-0.4, -0.2) is 38.0 Å². The number of ether oxygens (including phenoxy) is 2. The molecule has 2 aromatic carbocycles. The number of rotatable bonds is 8. The highest BCUT2D eigenvalue weighted by molar-refractivity contribution is 6.02. The fraction of sp³-hybridized carbons (Fsp3) is 0.406. The van der Waals surface area contributed by atoms with Crippen molar-refractivity contribution in [2.45, 2.75) is 46.1 Å². The molecule has 1 aliphatic heterocycles. The fourth-order valence-electron chi connectivity index (χ4n) is 4.87. The minimum atomic E-state index is 0.109. The Morgan fingerprint density at radius 3 is 2.08 bits per heavy atom. The lowest BCUT2D eigenvalue weighted by Gasteiger charge is -2.32. The average Bonchev–Trinajstić information content (AvgIpc) is 3.23. The van der Waals surface area contributed by atoms with Crippen LogP contribution in [0.15, 0.2) is 79.9 Å². The van der Waals surface area contributed by atoms with E-state index in [4.69, 9.17) is 9.47 Å².